The topological polar surface area (TPSA) is 60.7 Å². The standard InChI is InChI=1S/C21H28BNO3.CH4O/c1-20(2)21(3,4)26-22(25-20)19-18(15-8-6-7-9-15)16-11-10-14(13-24)12-17(16)23(19)5;1-2/h10-13,15H,6-9H2,1-5H3;2H,1H3. The van der Waals surface area contributed by atoms with Crippen LogP contribution in [0.4, 0.5) is 0 Å². The second-order valence-electron chi connectivity index (χ2n) is 8.82. The molecule has 1 aromatic carbocycles. The van der Waals surface area contributed by atoms with Crippen molar-refractivity contribution in [1.29, 1.82) is 0 Å². The van der Waals surface area contributed by atoms with Crippen molar-refractivity contribution in [2.45, 2.75) is 70.5 Å². The summed E-state index contributed by atoms with van der Waals surface area (Å²) in [5.74, 6) is 0.537. The zero-order chi connectivity index (χ0) is 20.7. The van der Waals surface area contributed by atoms with Crippen LogP contribution in [0.2, 0.25) is 0 Å². The number of hydrogen-bond donors (Lipinski definition) is 1. The third kappa shape index (κ3) is 3.32. The van der Waals surface area contributed by atoms with E-state index in [1.807, 2.05) is 12.1 Å². The van der Waals surface area contributed by atoms with Crippen LogP contribution in [0.5, 0.6) is 0 Å². The number of nitrogens with zero attached hydrogens (tertiary/aromatic N) is 1. The average Bonchev–Trinajstić information content (AvgIpc) is 3.33. The molecule has 0 radical (unpaired) electrons. The normalized spacial score (nSPS) is 21.0. The van der Waals surface area contributed by atoms with Crippen LogP contribution in [0.3, 0.4) is 0 Å². The second kappa shape index (κ2) is 7.66. The molecule has 2 aliphatic rings. The molecule has 2 aromatic rings. The molecular weight excluding hydrogens is 353 g/mol. The predicted molar refractivity (Wildman–Crippen MR) is 113 cm³/mol. The fourth-order valence-corrected chi connectivity index (χ4v) is 4.46. The predicted octanol–water partition coefficient (Wildman–Crippen LogP) is 3.56. The molecule has 1 aromatic heterocycles. The Labute approximate surface area is 168 Å². The zero-order valence-corrected chi connectivity index (χ0v) is 17.9. The van der Waals surface area contributed by atoms with E-state index in [4.69, 9.17) is 14.4 Å². The van der Waals surface area contributed by atoms with Gasteiger partial charge >= 0.3 is 7.12 Å². The molecule has 0 spiro atoms. The molecule has 1 aliphatic carbocycles. The molecule has 0 atom stereocenters. The largest absolute Gasteiger partial charge is 0.512 e. The molecule has 0 unspecified atom stereocenters. The van der Waals surface area contributed by atoms with Crippen molar-refractivity contribution >= 4 is 29.9 Å². The van der Waals surface area contributed by atoms with Crippen LogP contribution in [0.1, 0.15) is 75.2 Å². The van der Waals surface area contributed by atoms with Crippen molar-refractivity contribution in [2.75, 3.05) is 7.11 Å². The van der Waals surface area contributed by atoms with E-state index in [-0.39, 0.29) is 18.3 Å². The molecular formula is C22H32BNO4. The number of carbonyl (C=O) groups excluding carboxylic acids is 1. The maximum absolute atomic E-state index is 11.3. The van der Waals surface area contributed by atoms with Gasteiger partial charge in [-0.25, -0.2) is 0 Å². The minimum absolute atomic E-state index is 0.366. The van der Waals surface area contributed by atoms with Crippen LogP contribution in [0.15, 0.2) is 18.2 Å². The van der Waals surface area contributed by atoms with E-state index in [0.717, 1.165) is 24.5 Å². The number of aliphatic hydroxyl groups excluding tert-OH is 1. The molecule has 5 nitrogen and oxygen atoms in total. The third-order valence-corrected chi connectivity index (χ3v) is 6.69. The Kier molecular flexibility index (Phi) is 5.77. The van der Waals surface area contributed by atoms with E-state index < -0.39 is 0 Å². The molecule has 2 heterocycles. The average molecular weight is 385 g/mol. The fraction of sp³-hybridized carbons (Fsp3) is 0.591. The van der Waals surface area contributed by atoms with E-state index in [1.165, 1.54) is 36.6 Å². The number of benzene rings is 1. The van der Waals surface area contributed by atoms with Gasteiger partial charge in [-0.1, -0.05) is 25.0 Å². The number of fused-ring (bicyclic) bond motifs is 1. The van der Waals surface area contributed by atoms with Crippen LogP contribution in [0.25, 0.3) is 10.9 Å². The first kappa shape index (κ1) is 21.1. The summed E-state index contributed by atoms with van der Waals surface area (Å²) in [6.45, 7) is 8.37. The Morgan fingerprint density at radius 1 is 1.11 bits per heavy atom. The summed E-state index contributed by atoms with van der Waals surface area (Å²) in [5.41, 5.74) is 3.53. The molecule has 2 fully saturated rings. The first-order valence-corrected chi connectivity index (χ1v) is 10.1. The van der Waals surface area contributed by atoms with Crippen LogP contribution in [-0.4, -0.2) is 41.4 Å². The van der Waals surface area contributed by atoms with Gasteiger partial charge in [0.25, 0.3) is 0 Å². The summed E-state index contributed by atoms with van der Waals surface area (Å²) in [6, 6.07) is 6.00. The summed E-state index contributed by atoms with van der Waals surface area (Å²) in [6.07, 6.45) is 5.88. The zero-order valence-electron chi connectivity index (χ0n) is 17.9. The molecule has 4 rings (SSSR count). The lowest BCUT2D eigenvalue weighted by molar-refractivity contribution is 0.00578. The van der Waals surface area contributed by atoms with Gasteiger partial charge < -0.3 is 19.0 Å². The Hall–Kier alpha value is -1.63. The Bertz CT molecular complexity index is 849. The molecule has 1 saturated heterocycles. The molecule has 28 heavy (non-hydrogen) atoms. The van der Waals surface area contributed by atoms with Gasteiger partial charge in [-0.3, -0.25) is 4.79 Å². The van der Waals surface area contributed by atoms with Crippen molar-refractivity contribution in [2.24, 2.45) is 7.05 Å². The minimum atomic E-state index is -0.382. The fourth-order valence-electron chi connectivity index (χ4n) is 4.46. The number of aldehydes is 1. The van der Waals surface area contributed by atoms with Crippen molar-refractivity contribution in [3.05, 3.63) is 29.3 Å². The molecule has 0 amide bonds. The Morgan fingerprint density at radius 3 is 2.21 bits per heavy atom. The highest BCUT2D eigenvalue weighted by molar-refractivity contribution is 6.62. The summed E-state index contributed by atoms with van der Waals surface area (Å²) in [4.78, 5) is 11.3. The monoisotopic (exact) mass is 385 g/mol. The minimum Gasteiger partial charge on any atom is -0.400 e. The van der Waals surface area contributed by atoms with Crippen LogP contribution < -0.4 is 5.59 Å². The molecule has 6 heteroatoms. The van der Waals surface area contributed by atoms with Crippen molar-refractivity contribution in [3.8, 4) is 0 Å². The number of hydrogen-bond acceptors (Lipinski definition) is 4. The highest BCUT2D eigenvalue weighted by Gasteiger charge is 2.53. The molecule has 152 valence electrons. The van der Waals surface area contributed by atoms with Gasteiger partial charge in [-0.05, 0) is 58.1 Å². The Morgan fingerprint density at radius 2 is 1.68 bits per heavy atom. The van der Waals surface area contributed by atoms with E-state index >= 15 is 0 Å². The van der Waals surface area contributed by atoms with Crippen molar-refractivity contribution in [1.82, 2.24) is 4.57 Å². The number of rotatable bonds is 3. The van der Waals surface area contributed by atoms with Gasteiger partial charge in [0.1, 0.15) is 6.29 Å². The molecule has 1 aliphatic heterocycles. The van der Waals surface area contributed by atoms with Gasteiger partial charge in [-0.2, -0.15) is 0 Å². The smallest absolute Gasteiger partial charge is 0.400 e. The van der Waals surface area contributed by atoms with Crippen LogP contribution in [0, 0.1) is 0 Å². The van der Waals surface area contributed by atoms with Crippen LogP contribution in [-0.2, 0) is 16.4 Å². The van der Waals surface area contributed by atoms with E-state index in [1.54, 1.807) is 0 Å². The molecule has 0 bridgehead atoms. The lowest BCUT2D eigenvalue weighted by Crippen LogP contribution is -2.41. The number of aryl methyl sites for hydroxylation is 1. The van der Waals surface area contributed by atoms with Crippen molar-refractivity contribution < 1.29 is 19.2 Å². The van der Waals surface area contributed by atoms with Crippen molar-refractivity contribution in [3.63, 3.8) is 0 Å². The van der Waals surface area contributed by atoms with E-state index in [9.17, 15) is 4.79 Å². The first-order chi connectivity index (χ1) is 13.2. The number of carbonyl (C=O) groups is 1. The maximum atomic E-state index is 11.3. The summed E-state index contributed by atoms with van der Waals surface area (Å²) in [7, 11) is 2.68. The first-order valence-electron chi connectivity index (χ1n) is 10.1. The second-order valence-corrected chi connectivity index (χ2v) is 8.82. The van der Waals surface area contributed by atoms with Crippen LogP contribution >= 0.6 is 0 Å². The SMILES string of the molecule is CO.Cn1c(B2OC(C)(C)C(C)(C)O2)c(C2CCCC2)c2ccc(C=O)cc21. The van der Waals surface area contributed by atoms with Gasteiger partial charge in [0.2, 0.25) is 0 Å². The lowest BCUT2D eigenvalue weighted by Gasteiger charge is -2.32. The maximum Gasteiger partial charge on any atom is 0.512 e. The summed E-state index contributed by atoms with van der Waals surface area (Å²) >= 11 is 0. The van der Waals surface area contributed by atoms with Gasteiger partial charge in [-0.15, -0.1) is 0 Å². The van der Waals surface area contributed by atoms with E-state index in [0.29, 0.717) is 11.5 Å². The highest BCUT2D eigenvalue weighted by atomic mass is 16.7. The molecule has 1 saturated carbocycles. The Balaban J connectivity index is 0.00000109. The lowest BCUT2D eigenvalue weighted by atomic mass is 9.77. The van der Waals surface area contributed by atoms with Gasteiger partial charge in [0.05, 0.1) is 16.8 Å². The quantitative estimate of drug-likeness (QED) is 0.649. The molecule has 1 N–H and O–H groups in total. The van der Waals surface area contributed by atoms with Gasteiger partial charge in [0, 0.05) is 30.6 Å². The summed E-state index contributed by atoms with van der Waals surface area (Å²) in [5, 5.41) is 8.23. The summed E-state index contributed by atoms with van der Waals surface area (Å²) < 4.78 is 15.0. The van der Waals surface area contributed by atoms with Gasteiger partial charge in [0.15, 0.2) is 0 Å². The van der Waals surface area contributed by atoms with E-state index in [2.05, 4.69) is 45.4 Å². The highest BCUT2D eigenvalue weighted by Crippen LogP contribution is 2.41. The number of aliphatic hydroxyl groups is 1. The third-order valence-electron chi connectivity index (χ3n) is 6.69. The number of aromatic nitrogens is 1.